The number of thiazole rings is 1. The van der Waals surface area contributed by atoms with Gasteiger partial charge in [-0.1, -0.05) is 42.3 Å². The molecule has 30 heavy (non-hydrogen) atoms. The summed E-state index contributed by atoms with van der Waals surface area (Å²) >= 11 is 7.79. The monoisotopic (exact) mass is 444 g/mol. The van der Waals surface area contributed by atoms with Crippen LogP contribution in [-0.2, 0) is 4.74 Å². The molecule has 0 spiro atoms. The predicted molar refractivity (Wildman–Crippen MR) is 122 cm³/mol. The summed E-state index contributed by atoms with van der Waals surface area (Å²) < 4.78 is 12.5. The van der Waals surface area contributed by atoms with Gasteiger partial charge in [-0.2, -0.15) is 0 Å². The number of amides is 1. The van der Waals surface area contributed by atoms with E-state index in [0.29, 0.717) is 28.9 Å². The van der Waals surface area contributed by atoms with Crippen molar-refractivity contribution >= 4 is 44.2 Å². The van der Waals surface area contributed by atoms with Crippen LogP contribution in [0.5, 0.6) is 5.75 Å². The summed E-state index contributed by atoms with van der Waals surface area (Å²) in [6, 6.07) is 13.0. The molecular weight excluding hydrogens is 420 g/mol. The van der Waals surface area contributed by atoms with E-state index in [9.17, 15) is 4.79 Å². The van der Waals surface area contributed by atoms with Crippen LogP contribution in [0.25, 0.3) is 10.2 Å². The average molecular weight is 445 g/mol. The van der Waals surface area contributed by atoms with Crippen molar-refractivity contribution in [3.05, 3.63) is 53.1 Å². The second-order valence-corrected chi connectivity index (χ2v) is 8.78. The molecule has 3 aromatic rings. The third-order valence-electron chi connectivity index (χ3n) is 5.11. The fourth-order valence-corrected chi connectivity index (χ4v) is 4.72. The number of benzene rings is 2. The summed E-state index contributed by atoms with van der Waals surface area (Å²) in [5.41, 5.74) is 1.32. The number of unbranched alkanes of at least 4 members (excludes halogenated alkanes) is 1. The molecule has 1 aromatic heterocycles. The fraction of sp³-hybridized carbons (Fsp3) is 0.391. The number of anilines is 1. The van der Waals surface area contributed by atoms with E-state index < -0.39 is 0 Å². The maximum Gasteiger partial charge on any atom is 0.260 e. The maximum atomic E-state index is 13.4. The largest absolute Gasteiger partial charge is 0.494 e. The molecule has 1 aliphatic rings. The number of rotatable bonds is 8. The molecule has 4 rings (SSSR count). The van der Waals surface area contributed by atoms with Crippen LogP contribution in [0.3, 0.4) is 0 Å². The van der Waals surface area contributed by atoms with E-state index in [1.165, 1.54) is 11.3 Å². The van der Waals surface area contributed by atoms with Crippen LogP contribution < -0.4 is 9.64 Å². The first-order valence-corrected chi connectivity index (χ1v) is 11.6. The molecule has 0 bridgehead atoms. The Morgan fingerprint density at radius 1 is 1.30 bits per heavy atom. The Kier molecular flexibility index (Phi) is 6.87. The summed E-state index contributed by atoms with van der Waals surface area (Å²) in [5.74, 6) is 0.679. The van der Waals surface area contributed by atoms with Gasteiger partial charge in [-0.3, -0.25) is 9.69 Å². The number of hydrogen-bond acceptors (Lipinski definition) is 5. The van der Waals surface area contributed by atoms with Crippen LogP contribution in [-0.4, -0.2) is 36.8 Å². The van der Waals surface area contributed by atoms with Crippen molar-refractivity contribution in [1.82, 2.24) is 4.98 Å². The topological polar surface area (TPSA) is 51.7 Å². The van der Waals surface area contributed by atoms with Gasteiger partial charge >= 0.3 is 0 Å². The normalized spacial score (nSPS) is 16.1. The Labute approximate surface area is 185 Å². The van der Waals surface area contributed by atoms with Gasteiger partial charge in [0.15, 0.2) is 5.13 Å². The highest BCUT2D eigenvalue weighted by atomic mass is 35.5. The zero-order valence-corrected chi connectivity index (χ0v) is 18.5. The SMILES string of the molecule is CCCCOc1ccc(C(=O)N(CC2CCCO2)c2nc3c(Cl)cccc3s2)cc1. The molecule has 1 aliphatic heterocycles. The Bertz CT molecular complexity index is 999. The van der Waals surface area contributed by atoms with Crippen LogP contribution in [0.15, 0.2) is 42.5 Å². The van der Waals surface area contributed by atoms with Gasteiger partial charge in [0.2, 0.25) is 0 Å². The zero-order chi connectivity index (χ0) is 20.9. The highest BCUT2D eigenvalue weighted by Gasteiger charge is 2.27. The summed E-state index contributed by atoms with van der Waals surface area (Å²) in [4.78, 5) is 19.8. The smallest absolute Gasteiger partial charge is 0.260 e. The van der Waals surface area contributed by atoms with Crippen molar-refractivity contribution in [3.8, 4) is 5.75 Å². The molecule has 2 aromatic carbocycles. The second kappa shape index (κ2) is 9.77. The van der Waals surface area contributed by atoms with Gasteiger partial charge in [0, 0.05) is 12.2 Å². The van der Waals surface area contributed by atoms with Gasteiger partial charge in [-0.25, -0.2) is 4.98 Å². The maximum absolute atomic E-state index is 13.4. The number of fused-ring (bicyclic) bond motifs is 1. The first-order chi connectivity index (χ1) is 14.7. The van der Waals surface area contributed by atoms with E-state index in [2.05, 4.69) is 11.9 Å². The summed E-state index contributed by atoms with van der Waals surface area (Å²) in [5, 5.41) is 1.23. The molecule has 1 amide bonds. The number of nitrogens with zero attached hydrogens (tertiary/aromatic N) is 2. The van der Waals surface area contributed by atoms with Gasteiger partial charge in [-0.15, -0.1) is 0 Å². The molecule has 1 saturated heterocycles. The third kappa shape index (κ3) is 4.77. The lowest BCUT2D eigenvalue weighted by Crippen LogP contribution is -2.37. The van der Waals surface area contributed by atoms with Crippen LogP contribution in [0.4, 0.5) is 5.13 Å². The quantitative estimate of drug-likeness (QED) is 0.402. The van der Waals surface area contributed by atoms with E-state index >= 15 is 0 Å². The molecule has 158 valence electrons. The zero-order valence-electron chi connectivity index (χ0n) is 17.0. The third-order valence-corrected chi connectivity index (χ3v) is 6.46. The fourth-order valence-electron chi connectivity index (χ4n) is 3.44. The van der Waals surface area contributed by atoms with E-state index in [4.69, 9.17) is 21.1 Å². The summed E-state index contributed by atoms with van der Waals surface area (Å²) in [6.07, 6.45) is 4.08. The van der Waals surface area contributed by atoms with Gasteiger partial charge in [0.05, 0.1) is 29.0 Å². The number of ether oxygens (including phenoxy) is 2. The Morgan fingerprint density at radius 2 is 2.13 bits per heavy atom. The molecule has 0 radical (unpaired) electrons. The van der Waals surface area contributed by atoms with Crippen molar-refractivity contribution in [2.24, 2.45) is 0 Å². The number of carbonyl (C=O) groups is 1. The molecule has 7 heteroatoms. The lowest BCUT2D eigenvalue weighted by atomic mass is 10.1. The molecule has 2 heterocycles. The molecule has 0 saturated carbocycles. The number of hydrogen-bond donors (Lipinski definition) is 0. The Balaban J connectivity index is 1.59. The molecule has 0 N–H and O–H groups in total. The van der Waals surface area contributed by atoms with Crippen LogP contribution in [0, 0.1) is 0 Å². The Morgan fingerprint density at radius 3 is 2.83 bits per heavy atom. The van der Waals surface area contributed by atoms with Gasteiger partial charge in [0.1, 0.15) is 11.3 Å². The first kappa shape index (κ1) is 21.1. The van der Waals surface area contributed by atoms with Gasteiger partial charge < -0.3 is 9.47 Å². The van der Waals surface area contributed by atoms with Gasteiger partial charge in [0.25, 0.3) is 5.91 Å². The standard InChI is InChI=1S/C23H25ClN2O3S/c1-2-3-13-28-17-11-9-16(10-12-17)22(27)26(15-18-6-5-14-29-18)23-25-21-19(24)7-4-8-20(21)30-23/h4,7-12,18H,2-3,5-6,13-15H2,1H3. The lowest BCUT2D eigenvalue weighted by Gasteiger charge is -2.23. The van der Waals surface area contributed by atoms with E-state index in [1.807, 2.05) is 42.5 Å². The molecule has 1 atom stereocenters. The molecule has 1 unspecified atom stereocenters. The molecule has 5 nitrogen and oxygen atoms in total. The van der Waals surface area contributed by atoms with Crippen molar-refractivity contribution in [1.29, 1.82) is 0 Å². The van der Waals surface area contributed by atoms with E-state index in [1.54, 1.807) is 4.90 Å². The summed E-state index contributed by atoms with van der Waals surface area (Å²) in [7, 11) is 0. The molecule has 0 aliphatic carbocycles. The number of halogens is 1. The predicted octanol–water partition coefficient (Wildman–Crippen LogP) is 5.95. The number of aromatic nitrogens is 1. The van der Waals surface area contributed by atoms with Crippen molar-refractivity contribution < 1.29 is 14.3 Å². The van der Waals surface area contributed by atoms with Crippen molar-refractivity contribution in [2.75, 3.05) is 24.7 Å². The molecular formula is C23H25ClN2O3S. The highest BCUT2D eigenvalue weighted by molar-refractivity contribution is 7.22. The van der Waals surface area contributed by atoms with Crippen molar-refractivity contribution in [2.45, 2.75) is 38.7 Å². The van der Waals surface area contributed by atoms with Crippen LogP contribution in [0.2, 0.25) is 5.02 Å². The Hall–Kier alpha value is -2.15. The lowest BCUT2D eigenvalue weighted by molar-refractivity contribution is 0.0917. The minimum absolute atomic E-state index is 0.0214. The van der Waals surface area contributed by atoms with Gasteiger partial charge in [-0.05, 0) is 55.7 Å². The molecule has 1 fully saturated rings. The minimum atomic E-state index is -0.0965. The first-order valence-electron chi connectivity index (χ1n) is 10.4. The van der Waals surface area contributed by atoms with Crippen LogP contribution >= 0.6 is 22.9 Å². The van der Waals surface area contributed by atoms with E-state index in [0.717, 1.165) is 48.3 Å². The van der Waals surface area contributed by atoms with Crippen LogP contribution in [0.1, 0.15) is 43.0 Å². The summed E-state index contributed by atoms with van der Waals surface area (Å²) in [6.45, 7) is 4.03. The second-order valence-electron chi connectivity index (χ2n) is 7.36. The minimum Gasteiger partial charge on any atom is -0.494 e. The number of para-hydroxylation sites is 1. The highest BCUT2D eigenvalue weighted by Crippen LogP contribution is 2.34. The average Bonchev–Trinajstić information content (AvgIpc) is 3.43. The number of carbonyl (C=O) groups excluding carboxylic acids is 1. The van der Waals surface area contributed by atoms with E-state index in [-0.39, 0.29) is 12.0 Å². The van der Waals surface area contributed by atoms with Crippen molar-refractivity contribution in [3.63, 3.8) is 0 Å².